The molecule has 1 fully saturated rings. The highest BCUT2D eigenvalue weighted by Crippen LogP contribution is 2.19. The van der Waals surface area contributed by atoms with Crippen LogP contribution in [0.1, 0.15) is 19.3 Å². The van der Waals surface area contributed by atoms with Gasteiger partial charge in [0.25, 0.3) is 0 Å². The van der Waals surface area contributed by atoms with Crippen molar-refractivity contribution in [2.45, 2.75) is 19.3 Å². The summed E-state index contributed by atoms with van der Waals surface area (Å²) < 4.78 is 0. The lowest BCUT2D eigenvalue weighted by molar-refractivity contribution is -0.117. The van der Waals surface area contributed by atoms with E-state index < -0.39 is 0 Å². The van der Waals surface area contributed by atoms with Crippen molar-refractivity contribution in [3.05, 3.63) is 36.5 Å². The number of fused-ring (bicyclic) bond motifs is 1. The Bertz CT molecular complexity index is 605. The van der Waals surface area contributed by atoms with Crippen molar-refractivity contribution in [3.8, 4) is 0 Å². The molecule has 0 spiro atoms. The summed E-state index contributed by atoms with van der Waals surface area (Å²) in [5, 5.41) is 7.36. The minimum absolute atomic E-state index is 0.111. The highest BCUT2D eigenvalue weighted by molar-refractivity contribution is 5.93. The Kier molecular flexibility index (Phi) is 3.92. The first-order chi connectivity index (χ1) is 9.81. The molecule has 0 aliphatic carbocycles. The Morgan fingerprint density at radius 1 is 1.30 bits per heavy atom. The summed E-state index contributed by atoms with van der Waals surface area (Å²) in [5.41, 5.74) is 1.80. The molecule has 1 saturated heterocycles. The number of nitrogens with zero attached hydrogens (tertiary/aromatic N) is 1. The average Bonchev–Trinajstić information content (AvgIpc) is 2.48. The quantitative estimate of drug-likeness (QED) is 0.900. The lowest BCUT2D eigenvalue weighted by atomic mass is 9.94. The van der Waals surface area contributed by atoms with E-state index in [-0.39, 0.29) is 5.91 Å². The van der Waals surface area contributed by atoms with E-state index in [1.165, 1.54) is 0 Å². The lowest BCUT2D eigenvalue weighted by Crippen LogP contribution is -2.30. The first kappa shape index (κ1) is 13.1. The normalized spacial score (nSPS) is 16.2. The average molecular weight is 269 g/mol. The maximum absolute atomic E-state index is 12.1. The van der Waals surface area contributed by atoms with Crippen LogP contribution in [0.3, 0.4) is 0 Å². The van der Waals surface area contributed by atoms with E-state index in [1.54, 1.807) is 6.20 Å². The molecule has 0 unspecified atom stereocenters. The van der Waals surface area contributed by atoms with E-state index in [4.69, 9.17) is 0 Å². The molecule has 104 valence electrons. The standard InChI is InChI=1S/C16H19N3O/c20-16(10-12-5-8-17-9-6-12)19-14-3-4-15-13(11-14)2-1-7-18-15/h1-4,7,11-12,17H,5-6,8-10H2,(H,19,20). The lowest BCUT2D eigenvalue weighted by Gasteiger charge is -2.21. The fourth-order valence-electron chi connectivity index (χ4n) is 2.71. The number of piperidine rings is 1. The molecule has 2 heterocycles. The van der Waals surface area contributed by atoms with Gasteiger partial charge in [0.1, 0.15) is 0 Å². The summed E-state index contributed by atoms with van der Waals surface area (Å²) >= 11 is 0. The van der Waals surface area contributed by atoms with Crippen LogP contribution in [0, 0.1) is 5.92 Å². The summed E-state index contributed by atoms with van der Waals surface area (Å²) in [6, 6.07) is 9.74. The summed E-state index contributed by atoms with van der Waals surface area (Å²) in [6.45, 7) is 2.05. The summed E-state index contributed by atoms with van der Waals surface area (Å²) in [5.74, 6) is 0.624. The Morgan fingerprint density at radius 3 is 3.00 bits per heavy atom. The van der Waals surface area contributed by atoms with Gasteiger partial charge >= 0.3 is 0 Å². The number of benzene rings is 1. The monoisotopic (exact) mass is 269 g/mol. The zero-order valence-electron chi connectivity index (χ0n) is 11.4. The number of carbonyl (C=O) groups is 1. The van der Waals surface area contributed by atoms with Crippen molar-refractivity contribution in [2.24, 2.45) is 5.92 Å². The molecule has 0 saturated carbocycles. The Balaban J connectivity index is 1.64. The van der Waals surface area contributed by atoms with Gasteiger partial charge in [0.05, 0.1) is 5.52 Å². The van der Waals surface area contributed by atoms with E-state index >= 15 is 0 Å². The van der Waals surface area contributed by atoms with Gasteiger partial charge in [0.15, 0.2) is 0 Å². The first-order valence-corrected chi connectivity index (χ1v) is 7.16. The molecule has 4 heteroatoms. The molecular weight excluding hydrogens is 250 g/mol. The molecule has 20 heavy (non-hydrogen) atoms. The topological polar surface area (TPSA) is 54.0 Å². The minimum atomic E-state index is 0.111. The number of amides is 1. The third kappa shape index (κ3) is 3.14. The SMILES string of the molecule is O=C(CC1CCNCC1)Nc1ccc2ncccc2c1. The van der Waals surface area contributed by atoms with Crippen LogP contribution >= 0.6 is 0 Å². The highest BCUT2D eigenvalue weighted by Gasteiger charge is 2.16. The second-order valence-corrected chi connectivity index (χ2v) is 5.36. The molecule has 2 N–H and O–H groups in total. The summed E-state index contributed by atoms with van der Waals surface area (Å²) in [7, 11) is 0. The largest absolute Gasteiger partial charge is 0.326 e. The van der Waals surface area contributed by atoms with Gasteiger partial charge in [-0.25, -0.2) is 0 Å². The number of anilines is 1. The van der Waals surface area contributed by atoms with Gasteiger partial charge in [-0.2, -0.15) is 0 Å². The molecule has 1 aliphatic heterocycles. The Labute approximate surface area is 118 Å². The van der Waals surface area contributed by atoms with Crippen molar-refractivity contribution in [3.63, 3.8) is 0 Å². The molecule has 4 nitrogen and oxygen atoms in total. The van der Waals surface area contributed by atoms with Crippen LogP contribution in [0.2, 0.25) is 0 Å². The van der Waals surface area contributed by atoms with Crippen molar-refractivity contribution in [1.82, 2.24) is 10.3 Å². The van der Waals surface area contributed by atoms with E-state index in [2.05, 4.69) is 15.6 Å². The van der Waals surface area contributed by atoms with Crippen LogP contribution in [0.25, 0.3) is 10.9 Å². The zero-order chi connectivity index (χ0) is 13.8. The molecule has 0 atom stereocenters. The van der Waals surface area contributed by atoms with Crippen LogP contribution in [-0.4, -0.2) is 24.0 Å². The predicted octanol–water partition coefficient (Wildman–Crippen LogP) is 2.56. The fraction of sp³-hybridized carbons (Fsp3) is 0.375. The van der Waals surface area contributed by atoms with Crippen LogP contribution in [-0.2, 0) is 4.79 Å². The molecule has 1 aliphatic rings. The number of hydrogen-bond acceptors (Lipinski definition) is 3. The Morgan fingerprint density at radius 2 is 2.15 bits per heavy atom. The number of rotatable bonds is 3. The smallest absolute Gasteiger partial charge is 0.224 e. The van der Waals surface area contributed by atoms with Gasteiger partial charge in [-0.1, -0.05) is 6.07 Å². The molecular formula is C16H19N3O. The van der Waals surface area contributed by atoms with Crippen molar-refractivity contribution < 1.29 is 4.79 Å². The van der Waals surface area contributed by atoms with Crippen molar-refractivity contribution in [1.29, 1.82) is 0 Å². The van der Waals surface area contributed by atoms with Crippen LogP contribution in [0.4, 0.5) is 5.69 Å². The molecule has 1 amide bonds. The van der Waals surface area contributed by atoms with Crippen LogP contribution < -0.4 is 10.6 Å². The maximum Gasteiger partial charge on any atom is 0.224 e. The molecule has 0 radical (unpaired) electrons. The molecule has 1 aromatic heterocycles. The van der Waals surface area contributed by atoms with Gasteiger partial charge in [-0.3, -0.25) is 9.78 Å². The van der Waals surface area contributed by atoms with Gasteiger partial charge < -0.3 is 10.6 Å². The zero-order valence-corrected chi connectivity index (χ0v) is 11.4. The Hall–Kier alpha value is -1.94. The molecule has 1 aromatic carbocycles. The predicted molar refractivity (Wildman–Crippen MR) is 80.6 cm³/mol. The van der Waals surface area contributed by atoms with Crippen LogP contribution in [0.5, 0.6) is 0 Å². The highest BCUT2D eigenvalue weighted by atomic mass is 16.1. The van der Waals surface area contributed by atoms with Crippen molar-refractivity contribution >= 4 is 22.5 Å². The van der Waals surface area contributed by atoms with Gasteiger partial charge in [0, 0.05) is 23.7 Å². The molecule has 0 bridgehead atoms. The third-order valence-corrected chi connectivity index (χ3v) is 3.82. The van der Waals surface area contributed by atoms with Crippen molar-refractivity contribution in [2.75, 3.05) is 18.4 Å². The molecule has 2 aromatic rings. The van der Waals surface area contributed by atoms with Crippen LogP contribution in [0.15, 0.2) is 36.5 Å². The van der Waals surface area contributed by atoms with E-state index in [9.17, 15) is 4.79 Å². The summed E-state index contributed by atoms with van der Waals surface area (Å²) in [4.78, 5) is 16.3. The second kappa shape index (κ2) is 6.01. The number of aromatic nitrogens is 1. The summed E-state index contributed by atoms with van der Waals surface area (Å²) in [6.07, 6.45) is 4.58. The molecule has 3 rings (SSSR count). The number of carbonyl (C=O) groups excluding carboxylic acids is 1. The van der Waals surface area contributed by atoms with E-state index in [0.29, 0.717) is 12.3 Å². The van der Waals surface area contributed by atoms with Gasteiger partial charge in [-0.15, -0.1) is 0 Å². The second-order valence-electron chi connectivity index (χ2n) is 5.36. The maximum atomic E-state index is 12.1. The van der Waals surface area contributed by atoms with E-state index in [0.717, 1.165) is 42.5 Å². The number of nitrogens with one attached hydrogen (secondary N) is 2. The van der Waals surface area contributed by atoms with E-state index in [1.807, 2.05) is 30.3 Å². The number of pyridine rings is 1. The fourth-order valence-corrected chi connectivity index (χ4v) is 2.71. The minimum Gasteiger partial charge on any atom is -0.326 e. The third-order valence-electron chi connectivity index (χ3n) is 3.82. The first-order valence-electron chi connectivity index (χ1n) is 7.16. The van der Waals surface area contributed by atoms with Gasteiger partial charge in [-0.05, 0) is 56.1 Å². The van der Waals surface area contributed by atoms with Gasteiger partial charge in [0.2, 0.25) is 5.91 Å². The number of hydrogen-bond donors (Lipinski definition) is 2.